The lowest BCUT2D eigenvalue weighted by Gasteiger charge is -2.74. The molecule has 0 amide bonds. The van der Waals surface area contributed by atoms with E-state index in [-0.39, 0.29) is 25.8 Å². The van der Waals surface area contributed by atoms with E-state index in [1.807, 2.05) is 21.1 Å². The van der Waals surface area contributed by atoms with E-state index in [2.05, 4.69) is 0 Å². The van der Waals surface area contributed by atoms with Crippen LogP contribution in [0.5, 0.6) is 0 Å². The highest BCUT2D eigenvalue weighted by Gasteiger charge is 2.69. The second-order valence-corrected chi connectivity index (χ2v) is 23.6. The van der Waals surface area contributed by atoms with Crippen LogP contribution < -0.4 is 0 Å². The molecule has 0 heterocycles. The number of likely N-dealkylation sites (N-methyl/N-ethyl adjacent to an activating group) is 1. The number of phosphoric acid groups is 1. The van der Waals surface area contributed by atoms with Gasteiger partial charge in [0.05, 0.1) is 27.7 Å². The van der Waals surface area contributed by atoms with E-state index in [4.69, 9.17) is 18.5 Å². The first-order valence-corrected chi connectivity index (χ1v) is 26.3. The molecule has 326 valence electrons. The number of hydrogen-bond donors (Lipinski definition) is 1. The Balaban J connectivity index is 0.651. The number of fused-ring (bicyclic) bond motifs is 14. The number of esters is 1. The summed E-state index contributed by atoms with van der Waals surface area (Å²) in [6.07, 6.45) is 30.8. The molecule has 0 spiro atoms. The van der Waals surface area contributed by atoms with Gasteiger partial charge in [0.1, 0.15) is 25.9 Å². The quantitative estimate of drug-likeness (QED) is 0.0382. The number of nitrogens with zero attached hydrogens (tertiary/aromatic N) is 1. The molecule has 8 aliphatic carbocycles. The van der Waals surface area contributed by atoms with E-state index in [1.54, 1.807) is 25.7 Å². The Labute approximate surface area is 347 Å². The third-order valence-corrected chi connectivity index (χ3v) is 18.9. The topological polar surface area (TPSA) is 91.3 Å². The maximum absolute atomic E-state index is 12.7. The van der Waals surface area contributed by atoms with Gasteiger partial charge in [-0.05, 0) is 147 Å². The zero-order valence-corrected chi connectivity index (χ0v) is 37.4. The Morgan fingerprint density at radius 2 is 1.04 bits per heavy atom. The number of rotatable bonds is 27. The molecule has 0 bridgehead atoms. The molecule has 57 heavy (non-hydrogen) atoms. The average Bonchev–Trinajstić information content (AvgIpc) is 3.15. The van der Waals surface area contributed by atoms with Crippen LogP contribution in [0.3, 0.4) is 0 Å². The van der Waals surface area contributed by atoms with Gasteiger partial charge in [-0.3, -0.25) is 13.8 Å². The fraction of sp³-hybridized carbons (Fsp3) is 0.979. The Hall–Kier alpha value is -0.500. The molecule has 0 aromatic heterocycles. The van der Waals surface area contributed by atoms with E-state index in [9.17, 15) is 14.3 Å². The van der Waals surface area contributed by atoms with Gasteiger partial charge in [-0.25, -0.2) is 4.57 Å². The van der Waals surface area contributed by atoms with Gasteiger partial charge in [-0.1, -0.05) is 83.5 Å². The fourth-order valence-corrected chi connectivity index (χ4v) is 15.5. The van der Waals surface area contributed by atoms with Crippen LogP contribution in [0.2, 0.25) is 0 Å². The second-order valence-electron chi connectivity index (χ2n) is 22.1. The summed E-state index contributed by atoms with van der Waals surface area (Å²) in [4.78, 5) is 23.0. The number of quaternary nitrogens is 1. The summed E-state index contributed by atoms with van der Waals surface area (Å²) in [6.45, 7) is 1.08. The van der Waals surface area contributed by atoms with Crippen molar-refractivity contribution < 1.29 is 37.3 Å². The van der Waals surface area contributed by atoms with Crippen molar-refractivity contribution >= 4 is 13.8 Å². The smallest absolute Gasteiger partial charge is 0.463 e. The Kier molecular flexibility index (Phi) is 14.6. The molecule has 0 saturated heterocycles. The standard InChI is InChI=1S/C48H82NO7P/c1-49(2,3)26-28-55-57(51,52)56-32-35(53-27-14-10-5-4-7-11-15-33-18-20-40-42(29-33)47-38-24-22-36(38)45(40)47)31-54-44(50)17-13-9-6-8-12-16-34-19-21-41-43(30-34)48-39-25-23-37(39)46(41)48/h33-43,45-48H,4-32H2,1-3H3/p+1/t33?,34?,35-,36?,37?,38?,39?,40?,41?,42?,43?,45?,46?,47?,48?/m1/s1. The number of carbonyl (C=O) groups is 1. The lowest BCUT2D eigenvalue weighted by Crippen LogP contribution is -2.69. The van der Waals surface area contributed by atoms with Crippen LogP contribution in [0.4, 0.5) is 0 Å². The number of unbranched alkanes of at least 4 members (excludes halogenated alkanes) is 9. The molecule has 0 aliphatic heterocycles. The van der Waals surface area contributed by atoms with Crippen molar-refractivity contribution in [1.29, 1.82) is 0 Å². The van der Waals surface area contributed by atoms with Crippen molar-refractivity contribution in [3.63, 3.8) is 0 Å². The van der Waals surface area contributed by atoms with Gasteiger partial charge in [0.15, 0.2) is 0 Å². The van der Waals surface area contributed by atoms with E-state index in [1.165, 1.54) is 96.3 Å². The van der Waals surface area contributed by atoms with Crippen LogP contribution in [0.1, 0.15) is 154 Å². The van der Waals surface area contributed by atoms with Gasteiger partial charge in [-0.15, -0.1) is 0 Å². The lowest BCUT2D eigenvalue weighted by atomic mass is 9.30. The Morgan fingerprint density at radius 3 is 1.56 bits per heavy atom. The monoisotopic (exact) mass is 817 g/mol. The molecule has 9 heteroatoms. The third kappa shape index (κ3) is 10.2. The summed E-state index contributed by atoms with van der Waals surface area (Å²) >= 11 is 0. The first-order chi connectivity index (χ1) is 27.6. The zero-order valence-electron chi connectivity index (χ0n) is 36.5. The molecule has 16 atom stereocenters. The minimum atomic E-state index is -4.24. The maximum Gasteiger partial charge on any atom is 0.472 e. The van der Waals surface area contributed by atoms with Crippen molar-refractivity contribution in [3.8, 4) is 0 Å². The predicted molar refractivity (Wildman–Crippen MR) is 225 cm³/mol. The highest BCUT2D eigenvalue weighted by atomic mass is 31.2. The molecular weight excluding hydrogens is 734 g/mol. The summed E-state index contributed by atoms with van der Waals surface area (Å²) in [6, 6.07) is 0. The highest BCUT2D eigenvalue weighted by molar-refractivity contribution is 7.47. The normalized spacial score (nSPS) is 39.6. The first kappa shape index (κ1) is 43.2. The van der Waals surface area contributed by atoms with Crippen LogP contribution in [-0.4, -0.2) is 75.6 Å². The third-order valence-electron chi connectivity index (χ3n) is 18.0. The van der Waals surface area contributed by atoms with Crippen molar-refractivity contribution in [1.82, 2.24) is 0 Å². The minimum absolute atomic E-state index is 0.0232. The molecule has 8 nitrogen and oxygen atoms in total. The molecule has 8 saturated carbocycles. The number of ether oxygens (including phenoxy) is 2. The van der Waals surface area contributed by atoms with Crippen molar-refractivity contribution in [2.45, 2.75) is 160 Å². The molecule has 0 aromatic carbocycles. The molecule has 8 fully saturated rings. The molecular formula is C48H83NO7P+. The van der Waals surface area contributed by atoms with Gasteiger partial charge in [0.25, 0.3) is 0 Å². The van der Waals surface area contributed by atoms with Crippen LogP contribution in [-0.2, 0) is 27.9 Å². The van der Waals surface area contributed by atoms with Crippen molar-refractivity contribution in [3.05, 3.63) is 0 Å². The summed E-state index contributed by atoms with van der Waals surface area (Å²) in [5, 5.41) is 0. The molecule has 8 aliphatic rings. The fourth-order valence-electron chi connectivity index (χ4n) is 14.8. The van der Waals surface area contributed by atoms with Crippen molar-refractivity contribution in [2.24, 2.45) is 82.9 Å². The van der Waals surface area contributed by atoms with E-state index < -0.39 is 13.9 Å². The SMILES string of the molecule is C[N+](C)(C)CCOP(=O)(O)OC[C@@H](COC(=O)CCCCCCCC1CCC2C(C1)C1C3CCC3C21)OCCCCCCCCC1CCC2C(C1)C1C3CCC3C21. The van der Waals surface area contributed by atoms with Gasteiger partial charge in [0, 0.05) is 13.0 Å². The van der Waals surface area contributed by atoms with Gasteiger partial charge in [-0.2, -0.15) is 0 Å². The van der Waals surface area contributed by atoms with Crippen molar-refractivity contribution in [2.75, 3.05) is 54.1 Å². The second kappa shape index (κ2) is 19.3. The zero-order chi connectivity index (χ0) is 39.6. The summed E-state index contributed by atoms with van der Waals surface area (Å²) in [5.74, 6) is 15.4. The molecule has 8 rings (SSSR count). The summed E-state index contributed by atoms with van der Waals surface area (Å²) < 4.78 is 35.5. The van der Waals surface area contributed by atoms with E-state index in [0.717, 1.165) is 109 Å². The van der Waals surface area contributed by atoms with E-state index in [0.29, 0.717) is 24.1 Å². The first-order valence-electron chi connectivity index (χ1n) is 24.8. The van der Waals surface area contributed by atoms with Gasteiger partial charge < -0.3 is 18.9 Å². The molecule has 0 aromatic rings. The summed E-state index contributed by atoms with van der Waals surface area (Å²) in [7, 11) is 1.76. The van der Waals surface area contributed by atoms with Crippen LogP contribution in [0, 0.1) is 82.9 Å². The molecule has 0 radical (unpaired) electrons. The molecule has 1 N–H and O–H groups in total. The lowest BCUT2D eigenvalue weighted by molar-refractivity contribution is -0.870. The minimum Gasteiger partial charge on any atom is -0.463 e. The Bertz CT molecular complexity index is 1340. The number of phosphoric ester groups is 1. The van der Waals surface area contributed by atoms with Gasteiger partial charge in [0.2, 0.25) is 0 Å². The number of carbonyl (C=O) groups excluding carboxylic acids is 1. The van der Waals surface area contributed by atoms with Gasteiger partial charge >= 0.3 is 13.8 Å². The Morgan fingerprint density at radius 1 is 0.579 bits per heavy atom. The maximum atomic E-state index is 12.7. The highest BCUT2D eigenvalue weighted by Crippen LogP contribution is 2.75. The molecule has 15 unspecified atom stereocenters. The largest absolute Gasteiger partial charge is 0.472 e. The average molecular weight is 817 g/mol. The number of hydrogen-bond acceptors (Lipinski definition) is 6. The predicted octanol–water partition coefficient (Wildman–Crippen LogP) is 10.9. The van der Waals surface area contributed by atoms with Crippen LogP contribution in [0.15, 0.2) is 0 Å². The van der Waals surface area contributed by atoms with E-state index >= 15 is 0 Å². The summed E-state index contributed by atoms with van der Waals surface area (Å²) in [5.41, 5.74) is 0. The van der Waals surface area contributed by atoms with Crippen LogP contribution >= 0.6 is 7.82 Å². The van der Waals surface area contributed by atoms with Crippen LogP contribution in [0.25, 0.3) is 0 Å².